The lowest BCUT2D eigenvalue weighted by molar-refractivity contribution is 0.161. The number of rotatable bonds is 3. The molecular weight excluding hydrogens is 204 g/mol. The van der Waals surface area contributed by atoms with Crippen molar-refractivity contribution in [1.82, 2.24) is 20.4 Å². The van der Waals surface area contributed by atoms with E-state index in [2.05, 4.69) is 34.2 Å². The second-order valence-corrected chi connectivity index (χ2v) is 4.62. The van der Waals surface area contributed by atoms with E-state index < -0.39 is 0 Å². The molecule has 1 saturated heterocycles. The molecule has 0 saturated carbocycles. The van der Waals surface area contributed by atoms with Crippen LogP contribution < -0.4 is 5.32 Å². The summed E-state index contributed by atoms with van der Waals surface area (Å²) in [5.74, 6) is 1.53. The van der Waals surface area contributed by atoms with Gasteiger partial charge in [-0.2, -0.15) is 4.98 Å². The first-order valence-corrected chi connectivity index (χ1v) is 5.97. The third-order valence-corrected chi connectivity index (χ3v) is 2.81. The van der Waals surface area contributed by atoms with E-state index in [0.717, 1.165) is 37.8 Å². The Morgan fingerprint density at radius 2 is 2.06 bits per heavy atom. The van der Waals surface area contributed by atoms with E-state index in [-0.39, 0.29) is 0 Å². The molecule has 1 aliphatic rings. The number of hydrogen-bond acceptors (Lipinski definition) is 5. The van der Waals surface area contributed by atoms with Crippen molar-refractivity contribution in [3.05, 3.63) is 11.7 Å². The van der Waals surface area contributed by atoms with Crippen molar-refractivity contribution in [3.63, 3.8) is 0 Å². The average Bonchev–Trinajstić information content (AvgIpc) is 2.64. The third-order valence-electron chi connectivity index (χ3n) is 2.81. The zero-order valence-corrected chi connectivity index (χ0v) is 10.2. The van der Waals surface area contributed by atoms with E-state index in [9.17, 15) is 0 Å². The van der Waals surface area contributed by atoms with E-state index >= 15 is 0 Å². The molecule has 1 fully saturated rings. The summed E-state index contributed by atoms with van der Waals surface area (Å²) >= 11 is 0. The molecule has 2 heterocycles. The standard InChI is InChI=1S/C11H20N4O/c1-4-11-13-10(14-16-11)7-15-5-8(2)12-9(3)6-15/h8-9,12H,4-7H2,1-3H3. The van der Waals surface area contributed by atoms with Crippen LogP contribution in [0.2, 0.25) is 0 Å². The smallest absolute Gasteiger partial charge is 0.226 e. The van der Waals surface area contributed by atoms with Crippen LogP contribution in [0.5, 0.6) is 0 Å². The molecule has 0 radical (unpaired) electrons. The molecule has 1 aliphatic heterocycles. The Labute approximate surface area is 96.2 Å². The summed E-state index contributed by atoms with van der Waals surface area (Å²) in [6.45, 7) is 9.31. The highest BCUT2D eigenvalue weighted by Crippen LogP contribution is 2.08. The summed E-state index contributed by atoms with van der Waals surface area (Å²) in [6.07, 6.45) is 0.807. The summed E-state index contributed by atoms with van der Waals surface area (Å²) < 4.78 is 5.11. The first kappa shape index (κ1) is 11.5. The van der Waals surface area contributed by atoms with Crippen LogP contribution in [0.3, 0.4) is 0 Å². The number of piperazine rings is 1. The first-order valence-electron chi connectivity index (χ1n) is 5.97. The van der Waals surface area contributed by atoms with Gasteiger partial charge in [-0.15, -0.1) is 0 Å². The molecule has 90 valence electrons. The molecule has 5 nitrogen and oxygen atoms in total. The third kappa shape index (κ3) is 2.80. The molecule has 1 aromatic heterocycles. The lowest BCUT2D eigenvalue weighted by Crippen LogP contribution is -2.53. The van der Waals surface area contributed by atoms with Crippen LogP contribution >= 0.6 is 0 Å². The van der Waals surface area contributed by atoms with Crippen LogP contribution in [0.25, 0.3) is 0 Å². The zero-order chi connectivity index (χ0) is 11.5. The molecule has 0 bridgehead atoms. The molecule has 0 spiro atoms. The molecule has 2 atom stereocenters. The summed E-state index contributed by atoms with van der Waals surface area (Å²) in [5, 5.41) is 7.49. The van der Waals surface area contributed by atoms with Gasteiger partial charge in [0.25, 0.3) is 0 Å². The van der Waals surface area contributed by atoms with Gasteiger partial charge in [-0.25, -0.2) is 0 Å². The Kier molecular flexibility index (Phi) is 3.56. The van der Waals surface area contributed by atoms with Crippen molar-refractivity contribution in [1.29, 1.82) is 0 Å². The SMILES string of the molecule is CCc1nc(CN2CC(C)NC(C)C2)no1. The second-order valence-electron chi connectivity index (χ2n) is 4.62. The molecule has 2 unspecified atom stereocenters. The quantitative estimate of drug-likeness (QED) is 0.823. The van der Waals surface area contributed by atoms with Crippen molar-refractivity contribution >= 4 is 0 Å². The lowest BCUT2D eigenvalue weighted by atomic mass is 10.1. The molecule has 1 N–H and O–H groups in total. The fraction of sp³-hybridized carbons (Fsp3) is 0.818. The van der Waals surface area contributed by atoms with Crippen molar-refractivity contribution in [3.8, 4) is 0 Å². The van der Waals surface area contributed by atoms with Gasteiger partial charge in [0.2, 0.25) is 5.89 Å². The summed E-state index contributed by atoms with van der Waals surface area (Å²) in [4.78, 5) is 6.70. The Morgan fingerprint density at radius 3 is 2.62 bits per heavy atom. The fourth-order valence-electron chi connectivity index (χ4n) is 2.27. The number of aryl methyl sites for hydroxylation is 1. The monoisotopic (exact) mass is 224 g/mol. The Morgan fingerprint density at radius 1 is 1.38 bits per heavy atom. The predicted octanol–water partition coefficient (Wildman–Crippen LogP) is 0.814. The maximum Gasteiger partial charge on any atom is 0.226 e. The maximum atomic E-state index is 5.11. The van der Waals surface area contributed by atoms with Gasteiger partial charge in [0.05, 0.1) is 6.54 Å². The van der Waals surface area contributed by atoms with Crippen LogP contribution in [-0.4, -0.2) is 40.2 Å². The lowest BCUT2D eigenvalue weighted by Gasteiger charge is -2.35. The van der Waals surface area contributed by atoms with Crippen LogP contribution in [-0.2, 0) is 13.0 Å². The minimum Gasteiger partial charge on any atom is -0.339 e. The van der Waals surface area contributed by atoms with Gasteiger partial charge in [0.1, 0.15) is 0 Å². The maximum absolute atomic E-state index is 5.11. The normalized spacial score (nSPS) is 27.2. The van der Waals surface area contributed by atoms with Gasteiger partial charge in [-0.1, -0.05) is 12.1 Å². The van der Waals surface area contributed by atoms with E-state index in [1.54, 1.807) is 0 Å². The Hall–Kier alpha value is -0.940. The number of nitrogens with one attached hydrogen (secondary N) is 1. The minimum atomic E-state index is 0.529. The predicted molar refractivity (Wildman–Crippen MR) is 61.0 cm³/mol. The van der Waals surface area contributed by atoms with Gasteiger partial charge in [-0.3, -0.25) is 4.90 Å². The molecular formula is C11H20N4O. The number of aromatic nitrogens is 2. The van der Waals surface area contributed by atoms with Crippen LogP contribution in [0.4, 0.5) is 0 Å². The second kappa shape index (κ2) is 4.93. The largest absolute Gasteiger partial charge is 0.339 e. The topological polar surface area (TPSA) is 54.2 Å². The van der Waals surface area contributed by atoms with Crippen molar-refractivity contribution in [2.45, 2.75) is 45.8 Å². The van der Waals surface area contributed by atoms with Crippen molar-refractivity contribution in [2.24, 2.45) is 0 Å². The molecule has 2 rings (SSSR count). The zero-order valence-electron chi connectivity index (χ0n) is 10.2. The van der Waals surface area contributed by atoms with Gasteiger partial charge in [0.15, 0.2) is 5.82 Å². The Bertz CT molecular complexity index is 328. The minimum absolute atomic E-state index is 0.529. The van der Waals surface area contributed by atoms with Gasteiger partial charge >= 0.3 is 0 Å². The molecule has 0 aliphatic carbocycles. The van der Waals surface area contributed by atoms with Crippen LogP contribution in [0.1, 0.15) is 32.5 Å². The van der Waals surface area contributed by atoms with E-state index in [1.807, 2.05) is 6.92 Å². The summed E-state index contributed by atoms with van der Waals surface area (Å²) in [5.41, 5.74) is 0. The highest BCUT2D eigenvalue weighted by molar-refractivity contribution is 4.89. The summed E-state index contributed by atoms with van der Waals surface area (Å²) in [7, 11) is 0. The first-order chi connectivity index (χ1) is 7.67. The summed E-state index contributed by atoms with van der Waals surface area (Å²) in [6, 6.07) is 1.06. The van der Waals surface area contributed by atoms with Crippen molar-refractivity contribution in [2.75, 3.05) is 13.1 Å². The molecule has 16 heavy (non-hydrogen) atoms. The molecule has 1 aromatic rings. The van der Waals surface area contributed by atoms with Gasteiger partial charge in [0, 0.05) is 31.6 Å². The Balaban J connectivity index is 1.93. The van der Waals surface area contributed by atoms with E-state index in [4.69, 9.17) is 4.52 Å². The number of hydrogen-bond donors (Lipinski definition) is 1. The highest BCUT2D eigenvalue weighted by atomic mass is 16.5. The fourth-order valence-corrected chi connectivity index (χ4v) is 2.27. The van der Waals surface area contributed by atoms with E-state index in [1.165, 1.54) is 0 Å². The van der Waals surface area contributed by atoms with Crippen LogP contribution in [0, 0.1) is 0 Å². The van der Waals surface area contributed by atoms with Crippen LogP contribution in [0.15, 0.2) is 4.52 Å². The van der Waals surface area contributed by atoms with Crippen molar-refractivity contribution < 1.29 is 4.52 Å². The molecule has 5 heteroatoms. The number of nitrogens with zero attached hydrogens (tertiary/aromatic N) is 3. The highest BCUT2D eigenvalue weighted by Gasteiger charge is 2.22. The van der Waals surface area contributed by atoms with E-state index in [0.29, 0.717) is 12.1 Å². The van der Waals surface area contributed by atoms with Gasteiger partial charge in [-0.05, 0) is 13.8 Å². The molecule has 0 amide bonds. The molecule has 0 aromatic carbocycles. The van der Waals surface area contributed by atoms with Gasteiger partial charge < -0.3 is 9.84 Å². The average molecular weight is 224 g/mol.